The SMILES string of the molecule is CNC1CCC(NC(=O)c2ccc([N+](=O)[O-])cc2C)CC1. The van der Waals surface area contributed by atoms with E-state index in [1.54, 1.807) is 6.92 Å². The second-order valence-electron chi connectivity index (χ2n) is 5.57. The Kier molecular flexibility index (Phi) is 4.90. The van der Waals surface area contributed by atoms with Gasteiger partial charge in [-0.1, -0.05) is 0 Å². The number of carbonyl (C=O) groups is 1. The Morgan fingerprint density at radius 1 is 1.24 bits per heavy atom. The predicted octanol–water partition coefficient (Wildman–Crippen LogP) is 2.16. The molecule has 1 saturated carbocycles. The van der Waals surface area contributed by atoms with Crippen molar-refractivity contribution in [2.75, 3.05) is 7.05 Å². The fourth-order valence-corrected chi connectivity index (χ4v) is 2.81. The van der Waals surface area contributed by atoms with Gasteiger partial charge in [0.2, 0.25) is 0 Å². The molecule has 0 spiro atoms. The first-order valence-corrected chi connectivity index (χ1v) is 7.24. The van der Waals surface area contributed by atoms with E-state index in [4.69, 9.17) is 0 Å². The molecule has 1 aromatic rings. The number of benzene rings is 1. The quantitative estimate of drug-likeness (QED) is 0.657. The summed E-state index contributed by atoms with van der Waals surface area (Å²) in [6.07, 6.45) is 4.04. The van der Waals surface area contributed by atoms with Crippen molar-refractivity contribution >= 4 is 11.6 Å². The van der Waals surface area contributed by atoms with Crippen molar-refractivity contribution in [2.45, 2.75) is 44.7 Å². The molecule has 0 atom stereocenters. The smallest absolute Gasteiger partial charge is 0.269 e. The third kappa shape index (κ3) is 3.78. The average Bonchev–Trinajstić information content (AvgIpc) is 2.47. The van der Waals surface area contributed by atoms with E-state index in [0.717, 1.165) is 25.7 Å². The van der Waals surface area contributed by atoms with Gasteiger partial charge < -0.3 is 10.6 Å². The molecule has 1 fully saturated rings. The van der Waals surface area contributed by atoms with Crippen LogP contribution in [0.3, 0.4) is 0 Å². The zero-order valence-corrected chi connectivity index (χ0v) is 12.4. The van der Waals surface area contributed by atoms with Crippen LogP contribution in [0, 0.1) is 17.0 Å². The Hall–Kier alpha value is -1.95. The Morgan fingerprint density at radius 2 is 1.86 bits per heavy atom. The van der Waals surface area contributed by atoms with Crippen molar-refractivity contribution in [1.29, 1.82) is 0 Å². The molecule has 0 aromatic heterocycles. The molecule has 0 radical (unpaired) electrons. The second kappa shape index (κ2) is 6.67. The number of nitrogens with zero attached hydrogens (tertiary/aromatic N) is 1. The molecule has 114 valence electrons. The number of nitro groups is 1. The van der Waals surface area contributed by atoms with Gasteiger partial charge in [-0.05, 0) is 51.3 Å². The number of carbonyl (C=O) groups excluding carboxylic acids is 1. The van der Waals surface area contributed by atoms with Crippen LogP contribution < -0.4 is 10.6 Å². The van der Waals surface area contributed by atoms with Crippen molar-refractivity contribution < 1.29 is 9.72 Å². The van der Waals surface area contributed by atoms with Crippen LogP contribution in [-0.4, -0.2) is 30.0 Å². The van der Waals surface area contributed by atoms with Gasteiger partial charge in [0.15, 0.2) is 0 Å². The van der Waals surface area contributed by atoms with Crippen LogP contribution in [0.4, 0.5) is 5.69 Å². The topological polar surface area (TPSA) is 84.3 Å². The number of hydrogen-bond acceptors (Lipinski definition) is 4. The summed E-state index contributed by atoms with van der Waals surface area (Å²) in [6.45, 7) is 1.72. The Balaban J connectivity index is 1.99. The van der Waals surface area contributed by atoms with Crippen molar-refractivity contribution in [3.05, 3.63) is 39.4 Å². The number of non-ortho nitro benzene ring substituents is 1. The molecule has 1 amide bonds. The summed E-state index contributed by atoms with van der Waals surface area (Å²) in [5, 5.41) is 17.0. The zero-order valence-electron chi connectivity index (χ0n) is 12.4. The lowest BCUT2D eigenvalue weighted by Gasteiger charge is -2.29. The van der Waals surface area contributed by atoms with Crippen LogP contribution in [0.5, 0.6) is 0 Å². The van der Waals surface area contributed by atoms with Gasteiger partial charge in [0.05, 0.1) is 4.92 Å². The van der Waals surface area contributed by atoms with Crippen molar-refractivity contribution in [2.24, 2.45) is 0 Å². The monoisotopic (exact) mass is 291 g/mol. The summed E-state index contributed by atoms with van der Waals surface area (Å²) < 4.78 is 0. The van der Waals surface area contributed by atoms with Crippen molar-refractivity contribution in [3.63, 3.8) is 0 Å². The van der Waals surface area contributed by atoms with Gasteiger partial charge in [-0.25, -0.2) is 0 Å². The highest BCUT2D eigenvalue weighted by Gasteiger charge is 2.22. The Labute approximate surface area is 124 Å². The molecular formula is C15H21N3O3. The van der Waals surface area contributed by atoms with Gasteiger partial charge in [-0.3, -0.25) is 14.9 Å². The lowest BCUT2D eigenvalue weighted by atomic mass is 9.91. The molecule has 6 heteroatoms. The maximum atomic E-state index is 12.3. The fraction of sp³-hybridized carbons (Fsp3) is 0.533. The van der Waals surface area contributed by atoms with Gasteiger partial charge >= 0.3 is 0 Å². The van der Waals surface area contributed by atoms with E-state index < -0.39 is 4.92 Å². The summed E-state index contributed by atoms with van der Waals surface area (Å²) in [5.41, 5.74) is 1.15. The van der Waals surface area contributed by atoms with Gasteiger partial charge in [0.1, 0.15) is 0 Å². The number of rotatable bonds is 4. The van der Waals surface area contributed by atoms with E-state index in [0.29, 0.717) is 17.2 Å². The van der Waals surface area contributed by atoms with Crippen LogP contribution in [0.2, 0.25) is 0 Å². The number of amides is 1. The van der Waals surface area contributed by atoms with E-state index in [-0.39, 0.29) is 17.6 Å². The molecule has 21 heavy (non-hydrogen) atoms. The van der Waals surface area contributed by atoms with E-state index in [1.165, 1.54) is 18.2 Å². The summed E-state index contributed by atoms with van der Waals surface area (Å²) >= 11 is 0. The zero-order chi connectivity index (χ0) is 15.4. The molecule has 1 aliphatic carbocycles. The summed E-state index contributed by atoms with van der Waals surface area (Å²) in [4.78, 5) is 22.5. The molecule has 2 rings (SSSR count). The molecule has 0 saturated heterocycles. The maximum Gasteiger partial charge on any atom is 0.269 e. The van der Waals surface area contributed by atoms with Crippen LogP contribution >= 0.6 is 0 Å². The molecule has 1 aliphatic rings. The molecule has 0 aliphatic heterocycles. The standard InChI is InChI=1S/C15H21N3O3/c1-10-9-13(18(20)21)7-8-14(10)15(19)17-12-5-3-11(16-2)4-6-12/h7-9,11-12,16H,3-6H2,1-2H3,(H,17,19). The highest BCUT2D eigenvalue weighted by Crippen LogP contribution is 2.20. The van der Waals surface area contributed by atoms with Crippen LogP contribution in [-0.2, 0) is 0 Å². The average molecular weight is 291 g/mol. The molecule has 2 N–H and O–H groups in total. The Morgan fingerprint density at radius 3 is 2.38 bits per heavy atom. The third-order valence-electron chi connectivity index (χ3n) is 4.14. The number of aryl methyl sites for hydroxylation is 1. The lowest BCUT2D eigenvalue weighted by molar-refractivity contribution is -0.384. The maximum absolute atomic E-state index is 12.3. The minimum Gasteiger partial charge on any atom is -0.349 e. The van der Waals surface area contributed by atoms with Crippen LogP contribution in [0.25, 0.3) is 0 Å². The minimum absolute atomic E-state index is 0.0126. The van der Waals surface area contributed by atoms with Gasteiger partial charge in [0.25, 0.3) is 11.6 Å². The van der Waals surface area contributed by atoms with Crippen LogP contribution in [0.1, 0.15) is 41.6 Å². The molecule has 0 bridgehead atoms. The number of nitrogens with one attached hydrogen (secondary N) is 2. The van der Waals surface area contributed by atoms with E-state index in [2.05, 4.69) is 10.6 Å². The predicted molar refractivity (Wildman–Crippen MR) is 80.4 cm³/mol. The largest absolute Gasteiger partial charge is 0.349 e. The van der Waals surface area contributed by atoms with E-state index in [1.807, 2.05) is 7.05 Å². The fourth-order valence-electron chi connectivity index (χ4n) is 2.81. The number of nitro benzene ring substituents is 1. The van der Waals surface area contributed by atoms with Crippen LogP contribution in [0.15, 0.2) is 18.2 Å². The van der Waals surface area contributed by atoms with Crippen molar-refractivity contribution in [3.8, 4) is 0 Å². The Bertz CT molecular complexity index is 537. The first-order valence-electron chi connectivity index (χ1n) is 7.24. The van der Waals surface area contributed by atoms with E-state index in [9.17, 15) is 14.9 Å². The highest BCUT2D eigenvalue weighted by atomic mass is 16.6. The van der Waals surface area contributed by atoms with Gasteiger partial charge in [-0.2, -0.15) is 0 Å². The molecule has 6 nitrogen and oxygen atoms in total. The first kappa shape index (κ1) is 15.4. The van der Waals surface area contributed by atoms with Crippen molar-refractivity contribution in [1.82, 2.24) is 10.6 Å². The minimum atomic E-state index is -0.451. The molecule has 1 aromatic carbocycles. The highest BCUT2D eigenvalue weighted by molar-refractivity contribution is 5.96. The summed E-state index contributed by atoms with van der Waals surface area (Å²) in [5.74, 6) is -0.143. The number of hydrogen-bond donors (Lipinski definition) is 2. The summed E-state index contributed by atoms with van der Waals surface area (Å²) in [6, 6.07) is 5.07. The molecule has 0 heterocycles. The van der Waals surface area contributed by atoms with E-state index >= 15 is 0 Å². The molecular weight excluding hydrogens is 270 g/mol. The second-order valence-corrected chi connectivity index (χ2v) is 5.57. The normalized spacial score (nSPS) is 21.8. The lowest BCUT2D eigenvalue weighted by Crippen LogP contribution is -2.41. The van der Waals surface area contributed by atoms with Gasteiger partial charge in [-0.15, -0.1) is 0 Å². The molecule has 0 unspecified atom stereocenters. The summed E-state index contributed by atoms with van der Waals surface area (Å²) in [7, 11) is 1.96. The van der Waals surface area contributed by atoms with Gasteiger partial charge in [0, 0.05) is 29.8 Å². The first-order chi connectivity index (χ1) is 10.0. The third-order valence-corrected chi connectivity index (χ3v) is 4.14.